The maximum absolute atomic E-state index is 10.9. The van der Waals surface area contributed by atoms with E-state index in [4.69, 9.17) is 4.74 Å². The van der Waals surface area contributed by atoms with E-state index in [0.717, 1.165) is 6.08 Å². The van der Waals surface area contributed by atoms with Crippen LogP contribution in [0.25, 0.3) is 0 Å². The van der Waals surface area contributed by atoms with E-state index in [2.05, 4.69) is 4.74 Å². The fraction of sp³-hybridized carbons (Fsp3) is 0.500. The van der Waals surface area contributed by atoms with Gasteiger partial charge in [-0.3, -0.25) is 0 Å². The molecule has 74 valence electrons. The Morgan fingerprint density at radius 2 is 1.85 bits per heavy atom. The molecule has 0 bridgehead atoms. The summed E-state index contributed by atoms with van der Waals surface area (Å²) in [5, 5.41) is 0. The average Bonchev–Trinajstić information content (AvgIpc) is 2.03. The minimum atomic E-state index is -0.552. The smallest absolute Gasteiger partial charge is 0.414 e. The van der Waals surface area contributed by atoms with Crippen LogP contribution in [0.5, 0.6) is 0 Å². The van der Waals surface area contributed by atoms with E-state index in [0.29, 0.717) is 0 Å². The maximum atomic E-state index is 10.9. The van der Waals surface area contributed by atoms with E-state index in [1.165, 1.54) is 18.9 Å². The van der Waals surface area contributed by atoms with Gasteiger partial charge in [-0.25, -0.2) is 9.59 Å². The van der Waals surface area contributed by atoms with E-state index in [1.54, 1.807) is 14.1 Å². The average molecular weight is 187 g/mol. The second kappa shape index (κ2) is 5.18. The summed E-state index contributed by atoms with van der Waals surface area (Å²) in [6, 6.07) is 0. The number of carbonyl (C=O) groups is 2. The largest absolute Gasteiger partial charge is 0.466 e. The molecule has 0 radical (unpaired) electrons. The number of allylic oxidation sites excluding steroid dienone is 1. The van der Waals surface area contributed by atoms with Crippen LogP contribution >= 0.6 is 0 Å². The molecule has 0 aliphatic rings. The van der Waals surface area contributed by atoms with Gasteiger partial charge in [0.25, 0.3) is 0 Å². The van der Waals surface area contributed by atoms with Crippen molar-refractivity contribution < 1.29 is 19.1 Å². The number of ether oxygens (including phenoxy) is 2. The van der Waals surface area contributed by atoms with Crippen LogP contribution in [0.2, 0.25) is 0 Å². The molecule has 5 nitrogen and oxygen atoms in total. The Hall–Kier alpha value is -1.52. The third kappa shape index (κ3) is 4.84. The lowest BCUT2D eigenvalue weighted by Crippen LogP contribution is -2.22. The summed E-state index contributed by atoms with van der Waals surface area (Å²) < 4.78 is 9.07. The van der Waals surface area contributed by atoms with Crippen molar-refractivity contribution >= 4 is 12.1 Å². The Balaban J connectivity index is 4.14. The molecule has 0 unspecified atom stereocenters. The summed E-state index contributed by atoms with van der Waals surface area (Å²) in [5.74, 6) is -0.352. The molecule has 0 spiro atoms. The lowest BCUT2D eigenvalue weighted by atomic mass is 10.5. The normalized spacial score (nSPS) is 10.6. The Labute approximate surface area is 76.9 Å². The number of hydrogen-bond acceptors (Lipinski definition) is 4. The number of hydrogen-bond donors (Lipinski definition) is 0. The van der Waals surface area contributed by atoms with Crippen molar-refractivity contribution in [3.05, 3.63) is 11.8 Å². The molecule has 0 heterocycles. The van der Waals surface area contributed by atoms with E-state index in [1.807, 2.05) is 0 Å². The van der Waals surface area contributed by atoms with Crippen LogP contribution in [0.15, 0.2) is 11.8 Å². The lowest BCUT2D eigenvalue weighted by molar-refractivity contribution is -0.135. The highest BCUT2D eigenvalue weighted by Gasteiger charge is 2.06. The number of esters is 1. The van der Waals surface area contributed by atoms with Gasteiger partial charge in [0.05, 0.1) is 13.2 Å². The van der Waals surface area contributed by atoms with Crippen LogP contribution in [-0.4, -0.2) is 38.2 Å². The Kier molecular flexibility index (Phi) is 4.58. The monoisotopic (exact) mass is 187 g/mol. The summed E-state index contributed by atoms with van der Waals surface area (Å²) in [5.41, 5.74) is 0. The van der Waals surface area contributed by atoms with Gasteiger partial charge < -0.3 is 14.4 Å². The molecule has 0 aliphatic heterocycles. The second-order valence-electron chi connectivity index (χ2n) is 2.54. The molecule has 1 amide bonds. The minimum absolute atomic E-state index is 0.200. The van der Waals surface area contributed by atoms with Crippen LogP contribution in [0.1, 0.15) is 6.92 Å². The van der Waals surface area contributed by atoms with Gasteiger partial charge in [0.2, 0.25) is 0 Å². The summed E-state index contributed by atoms with van der Waals surface area (Å²) in [4.78, 5) is 22.9. The lowest BCUT2D eigenvalue weighted by Gasteiger charge is -2.10. The number of carbonyl (C=O) groups excluding carboxylic acids is 2. The first-order chi connectivity index (χ1) is 5.97. The zero-order valence-electron chi connectivity index (χ0n) is 8.16. The molecule has 0 aromatic rings. The van der Waals surface area contributed by atoms with Gasteiger partial charge >= 0.3 is 12.1 Å². The van der Waals surface area contributed by atoms with Crippen LogP contribution in [0, 0.1) is 0 Å². The molecule has 0 fully saturated rings. The highest BCUT2D eigenvalue weighted by molar-refractivity contribution is 5.82. The zero-order chi connectivity index (χ0) is 10.4. The predicted octanol–water partition coefficient (Wildman–Crippen LogP) is 0.761. The Bertz CT molecular complexity index is 232. The van der Waals surface area contributed by atoms with Crippen LogP contribution in [0.3, 0.4) is 0 Å². The summed E-state index contributed by atoms with van der Waals surface area (Å²) in [6.45, 7) is 1.50. The molecule has 0 saturated carbocycles. The van der Waals surface area contributed by atoms with Gasteiger partial charge in [-0.05, 0) is 6.92 Å². The highest BCUT2D eigenvalue weighted by atomic mass is 16.6. The molecule has 0 aromatic heterocycles. The number of nitrogens with zero attached hydrogens (tertiary/aromatic N) is 1. The molecular weight excluding hydrogens is 174 g/mol. The van der Waals surface area contributed by atoms with Crippen LogP contribution < -0.4 is 0 Å². The SMILES string of the molecule is COC(=O)/C=C(/C)OC(=O)N(C)C. The first-order valence-corrected chi connectivity index (χ1v) is 3.62. The number of amides is 1. The van der Waals surface area contributed by atoms with Crippen molar-refractivity contribution in [1.29, 1.82) is 0 Å². The highest BCUT2D eigenvalue weighted by Crippen LogP contribution is 1.99. The van der Waals surface area contributed by atoms with Gasteiger partial charge in [0.15, 0.2) is 0 Å². The molecule has 0 atom stereocenters. The van der Waals surface area contributed by atoms with E-state index in [9.17, 15) is 9.59 Å². The van der Waals surface area contributed by atoms with Crippen molar-refractivity contribution in [1.82, 2.24) is 4.90 Å². The van der Waals surface area contributed by atoms with Crippen molar-refractivity contribution in [2.45, 2.75) is 6.92 Å². The van der Waals surface area contributed by atoms with Gasteiger partial charge in [-0.15, -0.1) is 0 Å². The van der Waals surface area contributed by atoms with Crippen molar-refractivity contribution in [3.63, 3.8) is 0 Å². The fourth-order valence-corrected chi connectivity index (χ4v) is 0.483. The standard InChI is InChI=1S/C8H13NO4/c1-6(5-7(10)12-4)13-8(11)9(2)3/h5H,1-4H3/b6-5-. The van der Waals surface area contributed by atoms with Crippen molar-refractivity contribution in [2.24, 2.45) is 0 Å². The van der Waals surface area contributed by atoms with Gasteiger partial charge in [-0.2, -0.15) is 0 Å². The molecule has 0 saturated heterocycles. The van der Waals surface area contributed by atoms with E-state index in [-0.39, 0.29) is 5.76 Å². The summed E-state index contributed by atoms with van der Waals surface area (Å²) in [7, 11) is 4.35. The molecule has 0 N–H and O–H groups in total. The molecule has 0 aromatic carbocycles. The van der Waals surface area contributed by atoms with E-state index >= 15 is 0 Å². The Morgan fingerprint density at radius 1 is 1.31 bits per heavy atom. The molecule has 0 aliphatic carbocycles. The molecule has 5 heteroatoms. The van der Waals surface area contributed by atoms with Crippen LogP contribution in [-0.2, 0) is 14.3 Å². The summed E-state index contributed by atoms with van der Waals surface area (Å²) >= 11 is 0. The molecule has 13 heavy (non-hydrogen) atoms. The Morgan fingerprint density at radius 3 is 2.23 bits per heavy atom. The van der Waals surface area contributed by atoms with Crippen molar-refractivity contribution in [3.8, 4) is 0 Å². The fourth-order valence-electron chi connectivity index (χ4n) is 0.483. The first kappa shape index (κ1) is 11.5. The number of rotatable bonds is 2. The summed E-state index contributed by atoms with van der Waals surface area (Å²) in [6.07, 6.45) is 0.569. The van der Waals surface area contributed by atoms with Crippen LogP contribution in [0.4, 0.5) is 4.79 Å². The predicted molar refractivity (Wildman–Crippen MR) is 45.9 cm³/mol. The second-order valence-corrected chi connectivity index (χ2v) is 2.54. The van der Waals surface area contributed by atoms with Crippen molar-refractivity contribution in [2.75, 3.05) is 21.2 Å². The first-order valence-electron chi connectivity index (χ1n) is 3.62. The third-order valence-corrected chi connectivity index (χ3v) is 1.14. The topological polar surface area (TPSA) is 55.8 Å². The molecular formula is C8H13NO4. The van der Waals surface area contributed by atoms with Gasteiger partial charge in [0, 0.05) is 14.1 Å². The zero-order valence-corrected chi connectivity index (χ0v) is 8.16. The molecule has 0 rings (SSSR count). The van der Waals surface area contributed by atoms with Gasteiger partial charge in [0.1, 0.15) is 5.76 Å². The minimum Gasteiger partial charge on any atom is -0.466 e. The third-order valence-electron chi connectivity index (χ3n) is 1.14. The maximum Gasteiger partial charge on any atom is 0.414 e. The quantitative estimate of drug-likeness (QED) is 0.364. The van der Waals surface area contributed by atoms with Gasteiger partial charge in [-0.1, -0.05) is 0 Å². The van der Waals surface area contributed by atoms with E-state index < -0.39 is 12.1 Å². The number of methoxy groups -OCH3 is 1.